The van der Waals surface area contributed by atoms with Gasteiger partial charge in [-0.2, -0.15) is 0 Å². The van der Waals surface area contributed by atoms with Gasteiger partial charge >= 0.3 is 0 Å². The van der Waals surface area contributed by atoms with Crippen molar-refractivity contribution in [2.24, 2.45) is 5.92 Å². The van der Waals surface area contributed by atoms with Crippen LogP contribution in [0.5, 0.6) is 0 Å². The SMILES string of the molecule is CC(C)CC(C)N(C)Cc1cnc(Cl)s1. The lowest BCUT2D eigenvalue weighted by atomic mass is 10.0. The summed E-state index contributed by atoms with van der Waals surface area (Å²) < 4.78 is 0.634. The Labute approximate surface area is 101 Å². The molecule has 86 valence electrons. The fraction of sp³-hybridized carbons (Fsp3) is 0.727. The Bertz CT molecular complexity index is 299. The summed E-state index contributed by atoms with van der Waals surface area (Å²) in [5.41, 5.74) is 0. The van der Waals surface area contributed by atoms with Crippen molar-refractivity contribution in [2.75, 3.05) is 7.05 Å². The van der Waals surface area contributed by atoms with E-state index >= 15 is 0 Å². The molecule has 0 aliphatic rings. The van der Waals surface area contributed by atoms with Gasteiger partial charge in [0, 0.05) is 23.7 Å². The summed E-state index contributed by atoms with van der Waals surface area (Å²) in [7, 11) is 2.15. The van der Waals surface area contributed by atoms with Crippen LogP contribution in [0.15, 0.2) is 6.20 Å². The Morgan fingerprint density at radius 3 is 2.60 bits per heavy atom. The van der Waals surface area contributed by atoms with Gasteiger partial charge in [0.05, 0.1) is 0 Å². The van der Waals surface area contributed by atoms with Crippen molar-refractivity contribution in [1.29, 1.82) is 0 Å². The third kappa shape index (κ3) is 4.49. The molecule has 1 aromatic heterocycles. The normalized spacial score (nSPS) is 13.8. The molecule has 0 saturated carbocycles. The van der Waals surface area contributed by atoms with Gasteiger partial charge in [0.15, 0.2) is 4.47 Å². The summed E-state index contributed by atoms with van der Waals surface area (Å²) in [6.07, 6.45) is 3.09. The number of hydrogen-bond acceptors (Lipinski definition) is 3. The fourth-order valence-electron chi connectivity index (χ4n) is 1.62. The molecule has 0 aliphatic carbocycles. The van der Waals surface area contributed by atoms with Crippen molar-refractivity contribution in [1.82, 2.24) is 9.88 Å². The van der Waals surface area contributed by atoms with E-state index in [2.05, 4.69) is 37.7 Å². The Balaban J connectivity index is 2.44. The summed E-state index contributed by atoms with van der Waals surface area (Å²) >= 11 is 7.36. The molecule has 0 bridgehead atoms. The lowest BCUT2D eigenvalue weighted by molar-refractivity contribution is 0.222. The largest absolute Gasteiger partial charge is 0.299 e. The summed E-state index contributed by atoms with van der Waals surface area (Å²) in [5.74, 6) is 0.743. The Kier molecular flexibility index (Phi) is 5.03. The lowest BCUT2D eigenvalue weighted by Crippen LogP contribution is -2.29. The van der Waals surface area contributed by atoms with Gasteiger partial charge < -0.3 is 0 Å². The topological polar surface area (TPSA) is 16.1 Å². The molecular weight excluding hydrogens is 228 g/mol. The zero-order chi connectivity index (χ0) is 11.4. The number of halogens is 1. The van der Waals surface area contributed by atoms with Gasteiger partial charge in [0.25, 0.3) is 0 Å². The first-order valence-electron chi connectivity index (χ1n) is 5.29. The highest BCUT2D eigenvalue weighted by atomic mass is 35.5. The smallest absolute Gasteiger partial charge is 0.183 e. The van der Waals surface area contributed by atoms with Crippen molar-refractivity contribution in [3.05, 3.63) is 15.5 Å². The molecule has 1 unspecified atom stereocenters. The molecule has 2 nitrogen and oxygen atoms in total. The zero-order valence-corrected chi connectivity index (χ0v) is 11.4. The van der Waals surface area contributed by atoms with E-state index < -0.39 is 0 Å². The van der Waals surface area contributed by atoms with E-state index in [0.29, 0.717) is 10.5 Å². The third-order valence-electron chi connectivity index (χ3n) is 2.50. The van der Waals surface area contributed by atoms with Crippen LogP contribution < -0.4 is 0 Å². The molecule has 0 saturated heterocycles. The minimum Gasteiger partial charge on any atom is -0.299 e. The average molecular weight is 247 g/mol. The molecule has 0 radical (unpaired) electrons. The Hall–Kier alpha value is -0.120. The zero-order valence-electron chi connectivity index (χ0n) is 9.83. The van der Waals surface area contributed by atoms with Gasteiger partial charge in [-0.3, -0.25) is 4.90 Å². The maximum Gasteiger partial charge on any atom is 0.183 e. The van der Waals surface area contributed by atoms with E-state index in [0.717, 1.165) is 12.5 Å². The van der Waals surface area contributed by atoms with E-state index in [4.69, 9.17) is 11.6 Å². The van der Waals surface area contributed by atoms with Crippen molar-refractivity contribution in [2.45, 2.75) is 39.8 Å². The molecule has 0 aromatic carbocycles. The van der Waals surface area contributed by atoms with Crippen molar-refractivity contribution < 1.29 is 0 Å². The maximum absolute atomic E-state index is 5.80. The average Bonchev–Trinajstić information content (AvgIpc) is 2.50. The predicted molar refractivity (Wildman–Crippen MR) is 67.5 cm³/mol. The minimum atomic E-state index is 0.603. The lowest BCUT2D eigenvalue weighted by Gasteiger charge is -2.25. The molecule has 0 fully saturated rings. The second kappa shape index (κ2) is 5.83. The van der Waals surface area contributed by atoms with Gasteiger partial charge in [0.2, 0.25) is 0 Å². The highest BCUT2D eigenvalue weighted by molar-refractivity contribution is 7.15. The monoisotopic (exact) mass is 246 g/mol. The van der Waals surface area contributed by atoms with Crippen molar-refractivity contribution in [3.8, 4) is 0 Å². The second-order valence-electron chi connectivity index (χ2n) is 4.47. The van der Waals surface area contributed by atoms with E-state index in [1.807, 2.05) is 6.20 Å². The van der Waals surface area contributed by atoms with Crippen LogP contribution in [0.3, 0.4) is 0 Å². The van der Waals surface area contributed by atoms with Crippen LogP contribution in [0.1, 0.15) is 32.1 Å². The van der Waals surface area contributed by atoms with Crippen molar-refractivity contribution in [3.63, 3.8) is 0 Å². The van der Waals surface area contributed by atoms with Crippen molar-refractivity contribution >= 4 is 22.9 Å². The standard InChI is InChI=1S/C11H19ClN2S/c1-8(2)5-9(3)14(4)7-10-6-13-11(12)15-10/h6,8-9H,5,7H2,1-4H3. The van der Waals surface area contributed by atoms with Crippen LogP contribution in [-0.4, -0.2) is 23.0 Å². The summed E-state index contributed by atoms with van der Waals surface area (Å²) in [6.45, 7) is 7.72. The van der Waals surface area contributed by atoms with Crippen LogP contribution in [0.4, 0.5) is 0 Å². The maximum atomic E-state index is 5.80. The number of thiazole rings is 1. The van der Waals surface area contributed by atoms with Gasteiger partial charge in [-0.05, 0) is 26.3 Å². The molecular formula is C11H19ClN2S. The number of rotatable bonds is 5. The number of aromatic nitrogens is 1. The first-order valence-corrected chi connectivity index (χ1v) is 6.49. The van der Waals surface area contributed by atoms with E-state index in [-0.39, 0.29) is 0 Å². The van der Waals surface area contributed by atoms with Gasteiger partial charge in [-0.25, -0.2) is 4.98 Å². The third-order valence-corrected chi connectivity index (χ3v) is 3.60. The first kappa shape index (κ1) is 12.9. The molecule has 1 heterocycles. The summed E-state index contributed by atoms with van der Waals surface area (Å²) in [5, 5.41) is 0. The molecule has 4 heteroatoms. The summed E-state index contributed by atoms with van der Waals surface area (Å²) in [4.78, 5) is 7.63. The predicted octanol–water partition coefficient (Wildman–Crippen LogP) is 3.66. The van der Waals surface area contributed by atoms with Crippen LogP contribution in [-0.2, 0) is 6.54 Å². The minimum absolute atomic E-state index is 0.603. The molecule has 0 spiro atoms. The fourth-order valence-corrected chi connectivity index (χ4v) is 2.66. The first-order chi connectivity index (χ1) is 6.99. The van der Waals surface area contributed by atoms with E-state index in [1.54, 1.807) is 11.3 Å². The molecule has 1 atom stereocenters. The molecule has 0 aliphatic heterocycles. The number of hydrogen-bond donors (Lipinski definition) is 0. The van der Waals surface area contributed by atoms with E-state index in [9.17, 15) is 0 Å². The highest BCUT2D eigenvalue weighted by Crippen LogP contribution is 2.20. The van der Waals surface area contributed by atoms with Gasteiger partial charge in [-0.1, -0.05) is 25.4 Å². The van der Waals surface area contributed by atoms with Gasteiger partial charge in [-0.15, -0.1) is 11.3 Å². The van der Waals surface area contributed by atoms with Crippen LogP contribution in [0.2, 0.25) is 4.47 Å². The molecule has 1 rings (SSSR count). The van der Waals surface area contributed by atoms with E-state index in [1.165, 1.54) is 11.3 Å². The molecule has 15 heavy (non-hydrogen) atoms. The van der Waals surface area contributed by atoms with Crippen LogP contribution in [0.25, 0.3) is 0 Å². The van der Waals surface area contributed by atoms with Gasteiger partial charge in [0.1, 0.15) is 0 Å². The highest BCUT2D eigenvalue weighted by Gasteiger charge is 2.12. The molecule has 1 aromatic rings. The summed E-state index contributed by atoms with van der Waals surface area (Å²) in [6, 6.07) is 0.603. The van der Waals surface area contributed by atoms with Crippen LogP contribution >= 0.6 is 22.9 Å². The molecule has 0 amide bonds. The second-order valence-corrected chi connectivity index (χ2v) is 6.17. The Morgan fingerprint density at radius 1 is 1.47 bits per heavy atom. The quantitative estimate of drug-likeness (QED) is 0.788. The number of nitrogens with zero attached hydrogens (tertiary/aromatic N) is 2. The molecule has 0 N–H and O–H groups in total. The Morgan fingerprint density at radius 2 is 2.13 bits per heavy atom. The van der Waals surface area contributed by atoms with Crippen LogP contribution in [0, 0.1) is 5.92 Å².